The number of nitrogens with zero attached hydrogens (tertiary/aromatic N) is 1. The van der Waals surface area contributed by atoms with Gasteiger partial charge < -0.3 is 24.1 Å². The van der Waals surface area contributed by atoms with E-state index in [1.807, 2.05) is 4.72 Å². The lowest BCUT2D eigenvalue weighted by Crippen LogP contribution is -2.31. The van der Waals surface area contributed by atoms with E-state index in [9.17, 15) is 26.8 Å². The normalized spacial score (nSPS) is 15.2. The summed E-state index contributed by atoms with van der Waals surface area (Å²) in [5.74, 6) is -1.17. The summed E-state index contributed by atoms with van der Waals surface area (Å²) in [4.78, 5) is 29.2. The molecule has 0 spiro atoms. The number of carbonyl (C=O) groups excluding carboxylic acids is 1. The molecule has 1 aliphatic heterocycles. The number of alkyl halides is 2. The average molecular weight is 564 g/mol. The number of anilines is 2. The number of rotatable bonds is 11. The summed E-state index contributed by atoms with van der Waals surface area (Å²) in [6.45, 7) is -1.11. The maximum Gasteiger partial charge on any atom is 0.387 e. The summed E-state index contributed by atoms with van der Waals surface area (Å²) in [5.41, 5.74) is 1.19. The number of sulfonamides is 1. The largest absolute Gasteiger partial charge is 0.461 e. The zero-order chi connectivity index (χ0) is 28.0. The van der Waals surface area contributed by atoms with Gasteiger partial charge in [-0.05, 0) is 55.8 Å². The Hall–Kier alpha value is -3.97. The van der Waals surface area contributed by atoms with Gasteiger partial charge in [-0.1, -0.05) is 6.07 Å². The number of aromatic nitrogens is 1. The number of hydrogen-bond acceptors (Lipinski definition) is 8. The zero-order valence-corrected chi connectivity index (χ0v) is 21.7. The van der Waals surface area contributed by atoms with E-state index in [-0.39, 0.29) is 34.9 Å². The second kappa shape index (κ2) is 12.3. The highest BCUT2D eigenvalue weighted by molar-refractivity contribution is 7.90. The predicted octanol–water partition coefficient (Wildman–Crippen LogP) is 3.91. The van der Waals surface area contributed by atoms with Gasteiger partial charge in [-0.25, -0.2) is 13.1 Å². The van der Waals surface area contributed by atoms with Crippen molar-refractivity contribution in [3.05, 3.63) is 82.3 Å². The summed E-state index contributed by atoms with van der Waals surface area (Å²) in [6, 6.07) is 13.7. The predicted molar refractivity (Wildman–Crippen MR) is 139 cm³/mol. The van der Waals surface area contributed by atoms with E-state index in [0.717, 1.165) is 6.42 Å². The van der Waals surface area contributed by atoms with E-state index in [1.165, 1.54) is 43.5 Å². The number of nitrogens with one attached hydrogen (secondary N) is 2. The highest BCUT2D eigenvalue weighted by Gasteiger charge is 2.23. The van der Waals surface area contributed by atoms with Crippen molar-refractivity contribution in [2.75, 3.05) is 17.3 Å². The molecule has 208 valence electrons. The first-order valence-corrected chi connectivity index (χ1v) is 13.8. The molecule has 4 rings (SSSR count). The molecule has 0 aliphatic carbocycles. The summed E-state index contributed by atoms with van der Waals surface area (Å²) >= 11 is 0. The van der Waals surface area contributed by atoms with E-state index in [1.54, 1.807) is 29.2 Å². The molecule has 0 radical (unpaired) electrons. The molecule has 2 N–H and O–H groups in total. The molecule has 0 saturated carbocycles. The van der Waals surface area contributed by atoms with Gasteiger partial charge >= 0.3 is 6.61 Å². The standard InChI is InChI=1S/C26H27F2N3O7S/c1-2-39(34,35)30-25(33)17-7-9-19(10-8-17)31(16-18-5-3-13-29-24(18)32)20-11-12-21(38-26(27)28)22(15-20)37-23-6-4-14-36-23/h3,5,7-13,15,23,26H,2,4,6,14,16H2,1H3,(H,29,32)(H,30,33)/t23-/m1/s1. The number of aromatic amines is 1. The van der Waals surface area contributed by atoms with E-state index in [4.69, 9.17) is 9.47 Å². The van der Waals surface area contributed by atoms with Crippen molar-refractivity contribution in [3.63, 3.8) is 0 Å². The number of H-pyrrole nitrogens is 1. The number of hydrogen-bond donors (Lipinski definition) is 2. The van der Waals surface area contributed by atoms with Gasteiger partial charge in [0.1, 0.15) is 0 Å². The van der Waals surface area contributed by atoms with Crippen molar-refractivity contribution in [1.82, 2.24) is 9.71 Å². The molecular formula is C26H27F2N3O7S. The maximum absolute atomic E-state index is 13.1. The summed E-state index contributed by atoms with van der Waals surface area (Å²) in [7, 11) is -3.75. The van der Waals surface area contributed by atoms with Gasteiger partial charge in [-0.2, -0.15) is 8.78 Å². The van der Waals surface area contributed by atoms with E-state index in [0.29, 0.717) is 30.0 Å². The van der Waals surface area contributed by atoms with Crippen LogP contribution in [-0.2, 0) is 21.3 Å². The minimum Gasteiger partial charge on any atom is -0.461 e. The lowest BCUT2D eigenvalue weighted by Gasteiger charge is -2.26. The minimum atomic E-state index is -3.75. The Morgan fingerprint density at radius 2 is 1.90 bits per heavy atom. The smallest absolute Gasteiger partial charge is 0.387 e. The molecule has 1 aromatic heterocycles. The fourth-order valence-electron chi connectivity index (χ4n) is 3.88. The topological polar surface area (TPSA) is 127 Å². The first kappa shape index (κ1) is 28.0. The number of carbonyl (C=O) groups is 1. The Balaban J connectivity index is 1.71. The molecule has 3 aromatic rings. The van der Waals surface area contributed by atoms with Gasteiger partial charge in [0.15, 0.2) is 17.8 Å². The molecular weight excluding hydrogens is 536 g/mol. The first-order chi connectivity index (χ1) is 18.6. The van der Waals surface area contributed by atoms with Crippen molar-refractivity contribution >= 4 is 27.3 Å². The molecule has 2 aromatic carbocycles. The number of benzene rings is 2. The molecule has 0 unspecified atom stereocenters. The summed E-state index contributed by atoms with van der Waals surface area (Å²) < 4.78 is 67.6. The number of amides is 1. The minimum absolute atomic E-state index is 0.0347. The number of ether oxygens (including phenoxy) is 3. The van der Waals surface area contributed by atoms with Crippen LogP contribution in [0.25, 0.3) is 0 Å². The van der Waals surface area contributed by atoms with Crippen LogP contribution >= 0.6 is 0 Å². The third kappa shape index (κ3) is 7.33. The van der Waals surface area contributed by atoms with Crippen LogP contribution in [0.1, 0.15) is 35.7 Å². The monoisotopic (exact) mass is 563 g/mol. The lowest BCUT2D eigenvalue weighted by atomic mass is 10.1. The van der Waals surface area contributed by atoms with Gasteiger partial charge in [0.25, 0.3) is 11.5 Å². The van der Waals surface area contributed by atoms with Crippen LogP contribution < -0.4 is 24.7 Å². The second-order valence-corrected chi connectivity index (χ2v) is 10.6. The highest BCUT2D eigenvalue weighted by Crippen LogP contribution is 2.38. The van der Waals surface area contributed by atoms with Gasteiger partial charge in [0, 0.05) is 41.2 Å². The molecule has 1 atom stereocenters. The Morgan fingerprint density at radius 3 is 2.54 bits per heavy atom. The third-order valence-electron chi connectivity index (χ3n) is 5.90. The molecule has 0 bridgehead atoms. The average Bonchev–Trinajstić information content (AvgIpc) is 3.42. The van der Waals surface area contributed by atoms with Crippen LogP contribution in [0.3, 0.4) is 0 Å². The van der Waals surface area contributed by atoms with Crippen LogP contribution in [0.5, 0.6) is 11.5 Å². The van der Waals surface area contributed by atoms with E-state index >= 15 is 0 Å². The lowest BCUT2D eigenvalue weighted by molar-refractivity contribution is -0.0632. The Morgan fingerprint density at radius 1 is 1.15 bits per heavy atom. The quantitative estimate of drug-likeness (QED) is 0.360. The molecule has 10 nitrogen and oxygen atoms in total. The van der Waals surface area contributed by atoms with Gasteiger partial charge in [0.05, 0.1) is 18.9 Å². The van der Waals surface area contributed by atoms with Crippen LogP contribution in [0, 0.1) is 0 Å². The fraction of sp³-hybridized carbons (Fsp3) is 0.308. The van der Waals surface area contributed by atoms with E-state index < -0.39 is 28.8 Å². The van der Waals surface area contributed by atoms with Crippen molar-refractivity contribution in [1.29, 1.82) is 0 Å². The van der Waals surface area contributed by atoms with Crippen molar-refractivity contribution < 1.29 is 36.2 Å². The van der Waals surface area contributed by atoms with Crippen molar-refractivity contribution in [2.45, 2.75) is 39.2 Å². The molecule has 1 fully saturated rings. The van der Waals surface area contributed by atoms with Gasteiger partial charge in [0.2, 0.25) is 10.0 Å². The van der Waals surface area contributed by atoms with Crippen molar-refractivity contribution in [3.8, 4) is 11.5 Å². The van der Waals surface area contributed by atoms with E-state index in [2.05, 4.69) is 9.72 Å². The maximum atomic E-state index is 13.1. The third-order valence-corrected chi connectivity index (χ3v) is 7.16. The van der Waals surface area contributed by atoms with Crippen LogP contribution in [0.15, 0.2) is 65.6 Å². The van der Waals surface area contributed by atoms with Crippen LogP contribution in [-0.4, -0.2) is 44.6 Å². The molecule has 1 saturated heterocycles. The van der Waals surface area contributed by atoms with Gasteiger partial charge in [-0.3, -0.25) is 9.59 Å². The second-order valence-electron chi connectivity index (χ2n) is 8.56. The zero-order valence-electron chi connectivity index (χ0n) is 20.9. The molecule has 13 heteroatoms. The Labute approximate surface area is 223 Å². The van der Waals surface area contributed by atoms with Gasteiger partial charge in [-0.15, -0.1) is 0 Å². The summed E-state index contributed by atoms with van der Waals surface area (Å²) in [5, 5.41) is 0. The molecule has 39 heavy (non-hydrogen) atoms. The van der Waals surface area contributed by atoms with Crippen molar-refractivity contribution in [2.24, 2.45) is 0 Å². The number of halogens is 2. The molecule has 1 aliphatic rings. The Bertz CT molecular complexity index is 1460. The highest BCUT2D eigenvalue weighted by atomic mass is 32.2. The number of pyridine rings is 1. The molecule has 2 heterocycles. The van der Waals surface area contributed by atoms with Crippen LogP contribution in [0.2, 0.25) is 0 Å². The Kier molecular flexibility index (Phi) is 8.82. The first-order valence-electron chi connectivity index (χ1n) is 12.1. The van der Waals surface area contributed by atoms with Crippen LogP contribution in [0.4, 0.5) is 20.2 Å². The summed E-state index contributed by atoms with van der Waals surface area (Å²) in [6.07, 6.45) is 2.22. The fourth-order valence-corrected chi connectivity index (χ4v) is 4.43. The molecule has 1 amide bonds. The SMILES string of the molecule is CCS(=O)(=O)NC(=O)c1ccc(N(Cc2ccc[nH]c2=O)c2ccc(OC(F)F)c(O[C@@H]3CCCO3)c2)cc1.